The maximum atomic E-state index is 9.22. The van der Waals surface area contributed by atoms with Gasteiger partial charge in [-0.15, -0.1) is 0 Å². The molecule has 4 heteroatoms. The van der Waals surface area contributed by atoms with Crippen molar-refractivity contribution in [3.05, 3.63) is 0 Å². The predicted octanol–water partition coefficient (Wildman–Crippen LogP) is 0.0877. The quantitative estimate of drug-likeness (QED) is 0.360. The molecule has 6 heavy (non-hydrogen) atoms. The number of rotatable bonds is 0. The van der Waals surface area contributed by atoms with Crippen LogP contribution in [0.2, 0.25) is 0 Å². The molecule has 0 aliphatic heterocycles. The van der Waals surface area contributed by atoms with Crippen molar-refractivity contribution < 1.29 is 4.79 Å². The molecule has 36 valence electrons. The van der Waals surface area contributed by atoms with Gasteiger partial charge in [0.15, 0.2) is 0 Å². The number of amides is 1. The summed E-state index contributed by atoms with van der Waals surface area (Å²) in [6, 6.07) is 0. The monoisotopic (exact) mass is 89.1 g/mol. The summed E-state index contributed by atoms with van der Waals surface area (Å²) in [5.74, 6) is -0.333. The van der Waals surface area contributed by atoms with Gasteiger partial charge in [-0.3, -0.25) is 4.79 Å². The highest BCUT2D eigenvalue weighted by molar-refractivity contribution is 5.70. The second kappa shape index (κ2) is 8.95. The molecule has 0 saturated heterocycles. The molecule has 4 nitrogen and oxygen atoms in total. The minimum Gasteiger partial charge on any atom is -0.370 e. The molecule has 1 amide bonds. The summed E-state index contributed by atoms with van der Waals surface area (Å²) >= 11 is 0. The summed E-state index contributed by atoms with van der Waals surface area (Å²) in [7, 11) is 0. The fourth-order valence-corrected chi connectivity index (χ4v) is 0. The van der Waals surface area contributed by atoms with Crippen LogP contribution in [0.1, 0.15) is 6.92 Å². The summed E-state index contributed by atoms with van der Waals surface area (Å²) in [5.41, 5.74) is 14.5. The molecule has 0 heterocycles. The maximum absolute atomic E-state index is 9.22. The molecule has 0 aromatic rings. The number of hydrogen-bond acceptors (Lipinski definition) is 3. The van der Waals surface area contributed by atoms with Crippen molar-refractivity contribution in [3.8, 4) is 0 Å². The molecule has 0 rings (SSSR count). The highest BCUT2D eigenvalue weighted by atomic mass is 16.1. The third kappa shape index (κ3) is 15.2. The lowest BCUT2D eigenvalue weighted by Crippen LogP contribution is -2.01. The Morgan fingerprint density at radius 2 is 1.67 bits per heavy atom. The number of hydrogen-bond donors (Lipinski definition) is 3. The first-order chi connectivity index (χ1) is 2.73. The van der Waals surface area contributed by atoms with Crippen LogP contribution in [0.4, 0.5) is 0 Å². The van der Waals surface area contributed by atoms with Crippen molar-refractivity contribution in [2.45, 2.75) is 6.92 Å². The van der Waals surface area contributed by atoms with Gasteiger partial charge >= 0.3 is 0 Å². The third-order valence-electron chi connectivity index (χ3n) is 0. The fraction of sp³-hybridized carbons (Fsp3) is 0.500. The first-order valence-corrected chi connectivity index (χ1v) is 1.24. The van der Waals surface area contributed by atoms with Crippen LogP contribution in [0, 0.1) is 11.1 Å². The van der Waals surface area contributed by atoms with Crippen LogP contribution in [-0.4, -0.2) is 5.91 Å². The molecule has 0 aromatic heterocycles. The minimum atomic E-state index is -0.333. The van der Waals surface area contributed by atoms with Crippen molar-refractivity contribution in [3.63, 3.8) is 0 Å². The Morgan fingerprint density at radius 1 is 1.67 bits per heavy atom. The van der Waals surface area contributed by atoms with E-state index in [1.54, 1.807) is 0 Å². The van der Waals surface area contributed by atoms with Crippen LogP contribution >= 0.6 is 0 Å². The van der Waals surface area contributed by atoms with E-state index in [1.807, 2.05) is 0 Å². The Bertz CT molecular complexity index is 40.1. The van der Waals surface area contributed by atoms with E-state index in [9.17, 15) is 4.79 Å². The molecule has 0 aromatic carbocycles. The first kappa shape index (κ1) is 8.91. The van der Waals surface area contributed by atoms with Gasteiger partial charge < -0.3 is 5.73 Å². The average molecular weight is 89.1 g/mol. The van der Waals surface area contributed by atoms with E-state index in [1.165, 1.54) is 6.92 Å². The van der Waals surface area contributed by atoms with Crippen LogP contribution < -0.4 is 5.73 Å². The highest BCUT2D eigenvalue weighted by Crippen LogP contribution is 1.33. The van der Waals surface area contributed by atoms with Gasteiger partial charge in [-0.05, 0) is 0 Å². The molecule has 0 aliphatic rings. The number of carbonyl (C=O) groups excluding carboxylic acids is 1. The van der Waals surface area contributed by atoms with Gasteiger partial charge in [0.2, 0.25) is 5.91 Å². The molecule has 0 saturated carbocycles. The summed E-state index contributed by atoms with van der Waals surface area (Å²) < 4.78 is 0. The van der Waals surface area contributed by atoms with Crippen LogP contribution in [-0.2, 0) is 4.79 Å². The normalized spacial score (nSPS) is 4.83. The van der Waals surface area contributed by atoms with E-state index in [-0.39, 0.29) is 5.91 Å². The highest BCUT2D eigenvalue weighted by Gasteiger charge is 1.61. The number of carbonyl (C=O) groups is 1. The summed E-state index contributed by atoms with van der Waals surface area (Å²) in [6.07, 6.45) is 0. The first-order valence-electron chi connectivity index (χ1n) is 1.24. The summed E-state index contributed by atoms with van der Waals surface area (Å²) in [4.78, 5) is 9.22. The Morgan fingerprint density at radius 3 is 1.67 bits per heavy atom. The van der Waals surface area contributed by atoms with Gasteiger partial charge in [0.1, 0.15) is 0 Å². The zero-order chi connectivity index (χ0) is 5.58. The minimum absolute atomic E-state index is 0.333. The maximum Gasteiger partial charge on any atom is 0.214 e. The van der Waals surface area contributed by atoms with Gasteiger partial charge in [-0.1, -0.05) is 0 Å². The van der Waals surface area contributed by atoms with E-state index >= 15 is 0 Å². The SMILES string of the molecule is CC(N)=O.N=N. The average Bonchev–Trinajstić information content (AvgIpc) is 1.41. The zero-order valence-corrected chi connectivity index (χ0v) is 3.49. The van der Waals surface area contributed by atoms with Crippen molar-refractivity contribution in [1.82, 2.24) is 0 Å². The Hall–Kier alpha value is -0.930. The number of primary amides is 1. The topological polar surface area (TPSA) is 90.8 Å². The molecule has 0 spiro atoms. The zero-order valence-electron chi connectivity index (χ0n) is 3.49. The molecule has 0 bridgehead atoms. The fourth-order valence-electron chi connectivity index (χ4n) is 0. The lowest BCUT2D eigenvalue weighted by Gasteiger charge is -1.60. The molecule has 0 fully saturated rings. The van der Waals surface area contributed by atoms with Gasteiger partial charge in [-0.2, -0.15) is 0 Å². The Balaban J connectivity index is 0. The van der Waals surface area contributed by atoms with Crippen LogP contribution in [0.25, 0.3) is 0 Å². The third-order valence-corrected chi connectivity index (χ3v) is 0. The van der Waals surface area contributed by atoms with Crippen molar-refractivity contribution in [1.29, 1.82) is 11.1 Å². The van der Waals surface area contributed by atoms with Gasteiger partial charge in [0, 0.05) is 6.92 Å². The van der Waals surface area contributed by atoms with E-state index < -0.39 is 0 Å². The van der Waals surface area contributed by atoms with Crippen molar-refractivity contribution in [2.24, 2.45) is 5.73 Å². The number of nitrogens with two attached hydrogens (primary N) is 1. The van der Waals surface area contributed by atoms with Gasteiger partial charge in [0.05, 0.1) is 0 Å². The Kier molecular flexibility index (Phi) is 13.3. The molecular weight excluding hydrogens is 82.0 g/mol. The molecule has 0 radical (unpaired) electrons. The lowest BCUT2D eigenvalue weighted by atomic mass is 10.8. The summed E-state index contributed by atoms with van der Waals surface area (Å²) in [6.45, 7) is 1.31. The van der Waals surface area contributed by atoms with Gasteiger partial charge in [0.25, 0.3) is 0 Å². The summed E-state index contributed by atoms with van der Waals surface area (Å²) in [5, 5.41) is 0. The lowest BCUT2D eigenvalue weighted by molar-refractivity contribution is -0.115. The van der Waals surface area contributed by atoms with E-state index in [0.717, 1.165) is 0 Å². The molecular formula is C2H7N3O. The van der Waals surface area contributed by atoms with E-state index in [0.29, 0.717) is 0 Å². The Labute approximate surface area is 35.6 Å². The second-order valence-electron chi connectivity index (χ2n) is 0.611. The molecule has 0 atom stereocenters. The standard InChI is InChI=1S/C2H5NO.H2N2/c1-2(3)4;1-2/h1H3,(H2,3,4);1-2H. The van der Waals surface area contributed by atoms with Gasteiger partial charge in [-0.25, -0.2) is 11.1 Å². The predicted molar refractivity (Wildman–Crippen MR) is 20.3 cm³/mol. The molecule has 0 aliphatic carbocycles. The molecule has 4 N–H and O–H groups in total. The van der Waals surface area contributed by atoms with Crippen LogP contribution in [0.3, 0.4) is 0 Å². The van der Waals surface area contributed by atoms with Crippen molar-refractivity contribution in [2.75, 3.05) is 0 Å². The van der Waals surface area contributed by atoms with Crippen LogP contribution in [0.15, 0.2) is 0 Å². The van der Waals surface area contributed by atoms with Crippen molar-refractivity contribution >= 4 is 5.91 Å². The number of nitrogens with one attached hydrogen (secondary N) is 2. The smallest absolute Gasteiger partial charge is 0.214 e. The second-order valence-corrected chi connectivity index (χ2v) is 0.611. The largest absolute Gasteiger partial charge is 0.370 e. The van der Waals surface area contributed by atoms with E-state index in [2.05, 4.69) is 5.73 Å². The van der Waals surface area contributed by atoms with Crippen LogP contribution in [0.5, 0.6) is 0 Å². The van der Waals surface area contributed by atoms with E-state index in [4.69, 9.17) is 11.1 Å². The molecule has 0 unspecified atom stereocenters.